The molecule has 0 radical (unpaired) electrons. The number of rotatable bonds is 3. The third-order valence-corrected chi connectivity index (χ3v) is 2.40. The van der Waals surface area contributed by atoms with Crippen LogP contribution in [-0.2, 0) is 0 Å². The van der Waals surface area contributed by atoms with E-state index in [0.29, 0.717) is 10.6 Å². The molecule has 1 aromatic heterocycles. The van der Waals surface area contributed by atoms with Gasteiger partial charge in [0.05, 0.1) is 0 Å². The average Bonchev–Trinajstić information content (AvgIpc) is 2.78. The lowest BCUT2D eigenvalue weighted by atomic mass is 10.1. The van der Waals surface area contributed by atoms with Gasteiger partial charge in [0.2, 0.25) is 11.5 Å². The summed E-state index contributed by atoms with van der Waals surface area (Å²) in [6.45, 7) is 0. The zero-order valence-corrected chi connectivity index (χ0v) is 9.27. The molecule has 2 aromatic rings. The average molecular weight is 251 g/mol. The maximum absolute atomic E-state index is 11.9. The van der Waals surface area contributed by atoms with Gasteiger partial charge in [0, 0.05) is 10.6 Å². The molecule has 5 heteroatoms. The van der Waals surface area contributed by atoms with Gasteiger partial charge in [-0.05, 0) is 36.4 Å². The van der Waals surface area contributed by atoms with Crippen molar-refractivity contribution in [2.24, 2.45) is 0 Å². The fraction of sp³-hybridized carbons (Fsp3) is 0. The fourth-order valence-corrected chi connectivity index (χ4v) is 1.44. The molecule has 0 aliphatic rings. The minimum atomic E-state index is -1.21. The quantitative estimate of drug-likeness (QED) is 0.851. The molecular formula is C12H7ClO4. The van der Waals surface area contributed by atoms with E-state index in [0.717, 1.165) is 0 Å². The van der Waals surface area contributed by atoms with Crippen LogP contribution < -0.4 is 0 Å². The van der Waals surface area contributed by atoms with E-state index in [9.17, 15) is 9.59 Å². The summed E-state index contributed by atoms with van der Waals surface area (Å²) in [6, 6.07) is 8.83. The molecule has 17 heavy (non-hydrogen) atoms. The monoisotopic (exact) mass is 250 g/mol. The fourth-order valence-electron chi connectivity index (χ4n) is 1.32. The van der Waals surface area contributed by atoms with Gasteiger partial charge in [0.25, 0.3) is 0 Å². The zero-order valence-electron chi connectivity index (χ0n) is 8.51. The lowest BCUT2D eigenvalue weighted by Gasteiger charge is -1.97. The second-order valence-corrected chi connectivity index (χ2v) is 3.74. The van der Waals surface area contributed by atoms with Gasteiger partial charge < -0.3 is 9.52 Å². The van der Waals surface area contributed by atoms with E-state index in [-0.39, 0.29) is 17.3 Å². The molecule has 0 bridgehead atoms. The molecule has 0 unspecified atom stereocenters. The van der Waals surface area contributed by atoms with Crippen molar-refractivity contribution in [2.75, 3.05) is 0 Å². The highest BCUT2D eigenvalue weighted by Crippen LogP contribution is 2.16. The number of halogens is 1. The van der Waals surface area contributed by atoms with Gasteiger partial charge >= 0.3 is 5.97 Å². The highest BCUT2D eigenvalue weighted by molar-refractivity contribution is 6.30. The Morgan fingerprint density at radius 3 is 2.12 bits per heavy atom. The predicted molar refractivity (Wildman–Crippen MR) is 60.6 cm³/mol. The molecule has 0 saturated carbocycles. The standard InChI is InChI=1S/C12H7ClO4/c13-8-3-1-7(2-4-8)11(14)9-5-6-10(17-9)12(15)16/h1-6H,(H,15,16). The summed E-state index contributed by atoms with van der Waals surface area (Å²) in [6.07, 6.45) is 0. The molecule has 1 aromatic carbocycles. The summed E-state index contributed by atoms with van der Waals surface area (Å²) >= 11 is 5.70. The highest BCUT2D eigenvalue weighted by atomic mass is 35.5. The Hall–Kier alpha value is -2.07. The van der Waals surface area contributed by atoms with Crippen molar-refractivity contribution in [3.63, 3.8) is 0 Å². The smallest absolute Gasteiger partial charge is 0.371 e. The molecule has 4 nitrogen and oxygen atoms in total. The molecule has 2 rings (SSSR count). The molecule has 0 fully saturated rings. The molecule has 0 aliphatic carbocycles. The SMILES string of the molecule is O=C(O)c1ccc(C(=O)c2ccc(Cl)cc2)o1. The first-order chi connectivity index (χ1) is 8.08. The Morgan fingerprint density at radius 1 is 1.00 bits per heavy atom. The van der Waals surface area contributed by atoms with E-state index in [1.54, 1.807) is 24.3 Å². The summed E-state index contributed by atoms with van der Waals surface area (Å²) in [5.41, 5.74) is 0.390. The second-order valence-electron chi connectivity index (χ2n) is 3.31. The third-order valence-electron chi connectivity index (χ3n) is 2.15. The van der Waals surface area contributed by atoms with Crippen LogP contribution in [0.4, 0.5) is 0 Å². The normalized spacial score (nSPS) is 10.2. The molecule has 0 saturated heterocycles. The van der Waals surface area contributed by atoms with Crippen molar-refractivity contribution in [1.82, 2.24) is 0 Å². The Kier molecular flexibility index (Phi) is 2.97. The van der Waals surface area contributed by atoms with Crippen LogP contribution in [0.15, 0.2) is 40.8 Å². The van der Waals surface area contributed by atoms with Crippen LogP contribution in [0.3, 0.4) is 0 Å². The van der Waals surface area contributed by atoms with Crippen LogP contribution in [0.1, 0.15) is 26.7 Å². The van der Waals surface area contributed by atoms with Crippen molar-refractivity contribution in [1.29, 1.82) is 0 Å². The molecule has 1 heterocycles. The topological polar surface area (TPSA) is 67.5 Å². The summed E-state index contributed by atoms with van der Waals surface area (Å²) in [7, 11) is 0. The summed E-state index contributed by atoms with van der Waals surface area (Å²) in [5.74, 6) is -1.86. The molecule has 0 amide bonds. The van der Waals surface area contributed by atoms with E-state index < -0.39 is 5.97 Å². The number of furan rings is 1. The first-order valence-corrected chi connectivity index (χ1v) is 5.09. The number of aromatic carboxylic acids is 1. The first-order valence-electron chi connectivity index (χ1n) is 4.71. The van der Waals surface area contributed by atoms with Gasteiger partial charge in [0.15, 0.2) is 5.76 Å². The molecule has 0 spiro atoms. The molecule has 1 N–H and O–H groups in total. The third kappa shape index (κ3) is 2.37. The van der Waals surface area contributed by atoms with Gasteiger partial charge in [-0.15, -0.1) is 0 Å². The Balaban J connectivity index is 2.30. The predicted octanol–water partition coefficient (Wildman–Crippen LogP) is 2.86. The van der Waals surface area contributed by atoms with Crippen LogP contribution in [-0.4, -0.2) is 16.9 Å². The minimum Gasteiger partial charge on any atom is -0.475 e. The molecule has 86 valence electrons. The summed E-state index contributed by atoms with van der Waals surface area (Å²) < 4.78 is 4.91. The Bertz CT molecular complexity index is 568. The number of ketones is 1. The number of hydrogen-bond acceptors (Lipinski definition) is 3. The van der Waals surface area contributed by atoms with E-state index in [1.807, 2.05) is 0 Å². The number of benzene rings is 1. The van der Waals surface area contributed by atoms with Gasteiger partial charge in [0.1, 0.15) is 0 Å². The van der Waals surface area contributed by atoms with Crippen LogP contribution in [0.25, 0.3) is 0 Å². The van der Waals surface area contributed by atoms with Crippen molar-refractivity contribution >= 4 is 23.4 Å². The zero-order chi connectivity index (χ0) is 12.4. The van der Waals surface area contributed by atoms with E-state index in [2.05, 4.69) is 0 Å². The van der Waals surface area contributed by atoms with E-state index >= 15 is 0 Å². The van der Waals surface area contributed by atoms with Gasteiger partial charge in [-0.25, -0.2) is 4.79 Å². The molecule has 0 atom stereocenters. The van der Waals surface area contributed by atoms with E-state index in [1.165, 1.54) is 12.1 Å². The maximum atomic E-state index is 11.9. The van der Waals surface area contributed by atoms with Crippen molar-refractivity contribution in [3.05, 3.63) is 58.5 Å². The number of carbonyl (C=O) groups is 2. The van der Waals surface area contributed by atoms with Crippen LogP contribution in [0.5, 0.6) is 0 Å². The minimum absolute atomic E-state index is 0.00952. The van der Waals surface area contributed by atoms with Gasteiger partial charge in [-0.1, -0.05) is 11.6 Å². The highest BCUT2D eigenvalue weighted by Gasteiger charge is 2.16. The van der Waals surface area contributed by atoms with Crippen molar-refractivity contribution in [2.45, 2.75) is 0 Å². The Labute approximate surface area is 101 Å². The van der Waals surface area contributed by atoms with Crippen LogP contribution in [0, 0.1) is 0 Å². The molecular weight excluding hydrogens is 244 g/mol. The van der Waals surface area contributed by atoms with Crippen LogP contribution in [0.2, 0.25) is 5.02 Å². The summed E-state index contributed by atoms with van der Waals surface area (Å²) in [5, 5.41) is 9.18. The number of hydrogen-bond donors (Lipinski definition) is 1. The van der Waals surface area contributed by atoms with Crippen LogP contribution >= 0.6 is 11.6 Å². The van der Waals surface area contributed by atoms with Gasteiger partial charge in [-0.2, -0.15) is 0 Å². The number of carboxylic acid groups (broad SMARTS) is 1. The Morgan fingerprint density at radius 2 is 1.59 bits per heavy atom. The van der Waals surface area contributed by atoms with Crippen molar-refractivity contribution < 1.29 is 19.1 Å². The van der Waals surface area contributed by atoms with Gasteiger partial charge in [-0.3, -0.25) is 4.79 Å². The lowest BCUT2D eigenvalue weighted by Crippen LogP contribution is -1.99. The molecule has 0 aliphatic heterocycles. The van der Waals surface area contributed by atoms with E-state index in [4.69, 9.17) is 21.1 Å². The lowest BCUT2D eigenvalue weighted by molar-refractivity contribution is 0.0660. The van der Waals surface area contributed by atoms with Crippen molar-refractivity contribution in [3.8, 4) is 0 Å². The first kappa shape index (κ1) is 11.4. The number of carbonyl (C=O) groups excluding carboxylic acids is 1. The number of carboxylic acids is 1. The summed E-state index contributed by atoms with van der Waals surface area (Å²) in [4.78, 5) is 22.5. The second kappa shape index (κ2) is 4.43. The largest absolute Gasteiger partial charge is 0.475 e. The maximum Gasteiger partial charge on any atom is 0.371 e.